The van der Waals surface area contributed by atoms with E-state index in [1.807, 2.05) is 0 Å². The predicted octanol–water partition coefficient (Wildman–Crippen LogP) is 4.79. The summed E-state index contributed by atoms with van der Waals surface area (Å²) in [5.41, 5.74) is -1.34. The molecule has 0 spiro atoms. The molecule has 3 nitrogen and oxygen atoms in total. The van der Waals surface area contributed by atoms with Gasteiger partial charge in [0.2, 0.25) is 0 Å². The molecule has 2 rings (SSSR count). The van der Waals surface area contributed by atoms with Gasteiger partial charge in [-0.2, -0.15) is 13.2 Å². The molecule has 2 aromatic rings. The molecule has 0 unspecified atom stereocenters. The zero-order chi connectivity index (χ0) is 14.9. The molecule has 1 heterocycles. The number of aromatic nitrogens is 2. The van der Waals surface area contributed by atoms with E-state index >= 15 is 0 Å². The van der Waals surface area contributed by atoms with Gasteiger partial charge in [0.05, 0.1) is 10.0 Å². The van der Waals surface area contributed by atoms with Gasteiger partial charge in [0.15, 0.2) is 0 Å². The predicted molar refractivity (Wildman–Crippen MR) is 69.4 cm³/mol. The summed E-state index contributed by atoms with van der Waals surface area (Å²) in [4.78, 5) is 7.50. The van der Waals surface area contributed by atoms with Crippen molar-refractivity contribution in [1.29, 1.82) is 0 Å². The summed E-state index contributed by atoms with van der Waals surface area (Å²) in [5, 5.41) is 2.70. The van der Waals surface area contributed by atoms with E-state index in [0.717, 1.165) is 18.5 Å². The zero-order valence-electron chi connectivity index (χ0n) is 9.47. The quantitative estimate of drug-likeness (QED) is 0.610. The van der Waals surface area contributed by atoms with Gasteiger partial charge in [-0.15, -0.1) is 0 Å². The van der Waals surface area contributed by atoms with E-state index in [2.05, 4.69) is 31.2 Å². The molecule has 0 atom stereocenters. The van der Waals surface area contributed by atoms with Crippen LogP contribution in [0.3, 0.4) is 0 Å². The van der Waals surface area contributed by atoms with Gasteiger partial charge < -0.3 is 5.32 Å². The Kier molecular flexibility index (Phi) is 4.14. The molecular formula is C11H5BrClF4N3. The molecule has 1 N–H and O–H groups in total. The van der Waals surface area contributed by atoms with Gasteiger partial charge in [-0.25, -0.2) is 14.4 Å². The van der Waals surface area contributed by atoms with E-state index in [-0.39, 0.29) is 16.7 Å². The molecule has 106 valence electrons. The van der Waals surface area contributed by atoms with Crippen LogP contribution < -0.4 is 5.32 Å². The molecule has 0 saturated heterocycles. The average Bonchev–Trinajstić information content (AvgIpc) is 2.36. The summed E-state index contributed by atoms with van der Waals surface area (Å²) in [7, 11) is 0. The van der Waals surface area contributed by atoms with Crippen LogP contribution in [0.2, 0.25) is 5.15 Å². The third-order valence-corrected chi connectivity index (χ3v) is 3.55. The Balaban J connectivity index is 2.38. The lowest BCUT2D eigenvalue weighted by molar-refractivity contribution is -0.139. The van der Waals surface area contributed by atoms with Crippen LogP contribution in [0.25, 0.3) is 0 Å². The molecule has 0 aliphatic rings. The number of rotatable bonds is 2. The maximum atomic E-state index is 13.1. The molecule has 0 saturated carbocycles. The Bertz CT molecular complexity index is 648. The van der Waals surface area contributed by atoms with Crippen LogP contribution in [0.4, 0.5) is 29.1 Å². The fourth-order valence-electron chi connectivity index (χ4n) is 1.39. The summed E-state index contributed by atoms with van der Waals surface area (Å²) in [6.07, 6.45) is -3.63. The third-order valence-electron chi connectivity index (χ3n) is 2.28. The van der Waals surface area contributed by atoms with E-state index in [1.165, 1.54) is 0 Å². The first-order chi connectivity index (χ1) is 9.29. The van der Waals surface area contributed by atoms with Crippen molar-refractivity contribution in [3.05, 3.63) is 45.5 Å². The van der Waals surface area contributed by atoms with Crippen molar-refractivity contribution in [1.82, 2.24) is 9.97 Å². The van der Waals surface area contributed by atoms with Gasteiger partial charge >= 0.3 is 6.18 Å². The van der Waals surface area contributed by atoms with Crippen molar-refractivity contribution in [2.75, 3.05) is 5.32 Å². The minimum atomic E-state index is -4.78. The third kappa shape index (κ3) is 3.18. The second-order valence-electron chi connectivity index (χ2n) is 3.64. The number of benzene rings is 1. The first-order valence-corrected chi connectivity index (χ1v) is 6.26. The van der Waals surface area contributed by atoms with Crippen LogP contribution in [0.5, 0.6) is 0 Å². The lowest BCUT2D eigenvalue weighted by atomic mass is 10.2. The zero-order valence-corrected chi connectivity index (χ0v) is 11.8. The van der Waals surface area contributed by atoms with Crippen molar-refractivity contribution in [3.63, 3.8) is 0 Å². The van der Waals surface area contributed by atoms with Crippen molar-refractivity contribution in [2.45, 2.75) is 6.18 Å². The maximum absolute atomic E-state index is 13.1. The normalized spacial score (nSPS) is 11.5. The van der Waals surface area contributed by atoms with Gasteiger partial charge in [-0.05, 0) is 34.1 Å². The fourth-order valence-corrected chi connectivity index (χ4v) is 1.83. The highest BCUT2D eigenvalue weighted by molar-refractivity contribution is 9.10. The molecule has 1 aromatic heterocycles. The molecule has 0 aliphatic carbocycles. The van der Waals surface area contributed by atoms with Crippen LogP contribution >= 0.6 is 27.5 Å². The Morgan fingerprint density at radius 2 is 1.90 bits per heavy atom. The van der Waals surface area contributed by atoms with Crippen LogP contribution in [0.15, 0.2) is 29.0 Å². The number of hydrogen-bond donors (Lipinski definition) is 1. The average molecular weight is 371 g/mol. The first kappa shape index (κ1) is 15.0. The van der Waals surface area contributed by atoms with Crippen molar-refractivity contribution < 1.29 is 17.6 Å². The minimum absolute atomic E-state index is 0.0224. The van der Waals surface area contributed by atoms with Crippen molar-refractivity contribution in [3.8, 4) is 0 Å². The Hall–Kier alpha value is -1.41. The number of anilines is 2. The minimum Gasteiger partial charge on any atom is -0.339 e. The Morgan fingerprint density at radius 3 is 2.55 bits per heavy atom. The highest BCUT2D eigenvalue weighted by atomic mass is 79.9. The van der Waals surface area contributed by atoms with Gasteiger partial charge in [0, 0.05) is 5.69 Å². The number of hydrogen-bond acceptors (Lipinski definition) is 3. The molecule has 0 aliphatic heterocycles. The number of nitrogens with one attached hydrogen (secondary N) is 1. The van der Waals surface area contributed by atoms with E-state index in [9.17, 15) is 17.6 Å². The van der Waals surface area contributed by atoms with Crippen LogP contribution in [-0.2, 0) is 6.18 Å². The molecule has 0 fully saturated rings. The number of nitrogens with zero attached hydrogens (tertiary/aromatic N) is 2. The maximum Gasteiger partial charge on any atom is 0.419 e. The van der Waals surface area contributed by atoms with Gasteiger partial charge in [-0.1, -0.05) is 11.6 Å². The van der Waals surface area contributed by atoms with E-state index in [4.69, 9.17) is 11.6 Å². The van der Waals surface area contributed by atoms with Gasteiger partial charge in [0.25, 0.3) is 0 Å². The van der Waals surface area contributed by atoms with Crippen LogP contribution in [0.1, 0.15) is 5.56 Å². The van der Waals surface area contributed by atoms with Gasteiger partial charge in [0.1, 0.15) is 23.1 Å². The molecule has 9 heteroatoms. The molecule has 20 heavy (non-hydrogen) atoms. The summed E-state index contributed by atoms with van der Waals surface area (Å²) < 4.78 is 51.2. The Labute approximate surface area is 124 Å². The number of alkyl halides is 3. The highest BCUT2D eigenvalue weighted by Crippen LogP contribution is 2.34. The van der Waals surface area contributed by atoms with E-state index < -0.39 is 17.6 Å². The topological polar surface area (TPSA) is 37.8 Å². The van der Waals surface area contributed by atoms with Crippen molar-refractivity contribution >= 4 is 39.0 Å². The first-order valence-electron chi connectivity index (χ1n) is 5.09. The standard InChI is InChI=1S/C11H5BrClF4N3/c12-8-9(13)18-4-19-10(8)20-5-1-2-7(14)6(3-5)11(15,16)17/h1-4H,(H,18,19,20). The molecular weight excluding hydrogens is 365 g/mol. The smallest absolute Gasteiger partial charge is 0.339 e. The van der Waals surface area contributed by atoms with Gasteiger partial charge in [-0.3, -0.25) is 0 Å². The van der Waals surface area contributed by atoms with Crippen molar-refractivity contribution in [2.24, 2.45) is 0 Å². The van der Waals surface area contributed by atoms with E-state index in [1.54, 1.807) is 0 Å². The second kappa shape index (κ2) is 5.53. The lowest BCUT2D eigenvalue weighted by Crippen LogP contribution is -2.09. The monoisotopic (exact) mass is 369 g/mol. The Morgan fingerprint density at radius 1 is 1.20 bits per heavy atom. The largest absolute Gasteiger partial charge is 0.419 e. The fraction of sp³-hybridized carbons (Fsp3) is 0.0909. The summed E-state index contributed by atoms with van der Waals surface area (Å²) in [6, 6.07) is 2.53. The molecule has 1 aromatic carbocycles. The summed E-state index contributed by atoms with van der Waals surface area (Å²) in [6.45, 7) is 0. The molecule has 0 bridgehead atoms. The highest BCUT2D eigenvalue weighted by Gasteiger charge is 2.34. The molecule has 0 amide bonds. The summed E-state index contributed by atoms with van der Waals surface area (Å²) >= 11 is 8.83. The molecule has 0 radical (unpaired) electrons. The number of halogens is 6. The van der Waals surface area contributed by atoms with Crippen LogP contribution in [-0.4, -0.2) is 9.97 Å². The second-order valence-corrected chi connectivity index (χ2v) is 4.80. The van der Waals surface area contributed by atoms with Crippen LogP contribution in [0, 0.1) is 5.82 Å². The SMILES string of the molecule is Fc1ccc(Nc2ncnc(Cl)c2Br)cc1C(F)(F)F. The lowest BCUT2D eigenvalue weighted by Gasteiger charge is -2.12. The van der Waals surface area contributed by atoms with E-state index in [0.29, 0.717) is 10.5 Å². The summed E-state index contributed by atoms with van der Waals surface area (Å²) in [5.74, 6) is -1.17.